The molecule has 1 fully saturated rings. The van der Waals surface area contributed by atoms with Gasteiger partial charge in [-0.3, -0.25) is 4.98 Å². The van der Waals surface area contributed by atoms with Crippen molar-refractivity contribution in [1.82, 2.24) is 4.98 Å². The standard InChI is InChI=1S/C13H19ClN2/c1-9-2-4-10(5-3-9)13(15)12-7-6-11(14)8-16-12/h6-10,13H,2-5,15H2,1H3. The van der Waals surface area contributed by atoms with Gasteiger partial charge in [0, 0.05) is 12.2 Å². The highest BCUT2D eigenvalue weighted by Gasteiger charge is 2.25. The first-order valence-electron chi connectivity index (χ1n) is 6.04. The van der Waals surface area contributed by atoms with Crippen LogP contribution in [-0.2, 0) is 0 Å². The number of aromatic nitrogens is 1. The summed E-state index contributed by atoms with van der Waals surface area (Å²) in [6.45, 7) is 2.32. The number of halogens is 1. The van der Waals surface area contributed by atoms with E-state index in [0.29, 0.717) is 10.9 Å². The Hall–Kier alpha value is -0.600. The third-order valence-electron chi connectivity index (χ3n) is 3.66. The van der Waals surface area contributed by atoms with E-state index in [1.807, 2.05) is 12.1 Å². The van der Waals surface area contributed by atoms with Crippen molar-refractivity contribution < 1.29 is 0 Å². The molecule has 0 aliphatic heterocycles. The van der Waals surface area contributed by atoms with E-state index < -0.39 is 0 Å². The van der Waals surface area contributed by atoms with Crippen LogP contribution in [-0.4, -0.2) is 4.98 Å². The van der Waals surface area contributed by atoms with Crippen LogP contribution in [0, 0.1) is 11.8 Å². The maximum absolute atomic E-state index is 6.26. The van der Waals surface area contributed by atoms with Crippen LogP contribution in [0.3, 0.4) is 0 Å². The normalized spacial score (nSPS) is 27.7. The van der Waals surface area contributed by atoms with Gasteiger partial charge in [-0.15, -0.1) is 0 Å². The largest absolute Gasteiger partial charge is 0.322 e. The van der Waals surface area contributed by atoms with Crippen molar-refractivity contribution >= 4 is 11.6 Å². The second-order valence-corrected chi connectivity index (χ2v) is 5.38. The van der Waals surface area contributed by atoms with Crippen LogP contribution >= 0.6 is 11.6 Å². The monoisotopic (exact) mass is 238 g/mol. The van der Waals surface area contributed by atoms with Gasteiger partial charge in [0.1, 0.15) is 0 Å². The van der Waals surface area contributed by atoms with Crippen molar-refractivity contribution in [2.45, 2.75) is 38.6 Å². The molecule has 0 saturated heterocycles. The van der Waals surface area contributed by atoms with Crippen molar-refractivity contribution in [1.29, 1.82) is 0 Å². The van der Waals surface area contributed by atoms with Crippen molar-refractivity contribution in [2.75, 3.05) is 0 Å². The van der Waals surface area contributed by atoms with Crippen LogP contribution in [0.1, 0.15) is 44.3 Å². The van der Waals surface area contributed by atoms with Gasteiger partial charge in [-0.05, 0) is 36.8 Å². The highest BCUT2D eigenvalue weighted by atomic mass is 35.5. The zero-order valence-electron chi connectivity index (χ0n) is 9.70. The Morgan fingerprint density at radius 3 is 2.56 bits per heavy atom. The first-order chi connectivity index (χ1) is 7.66. The second-order valence-electron chi connectivity index (χ2n) is 4.95. The lowest BCUT2D eigenvalue weighted by Gasteiger charge is -2.30. The summed E-state index contributed by atoms with van der Waals surface area (Å²) in [5, 5.41) is 0.674. The molecule has 16 heavy (non-hydrogen) atoms. The molecule has 0 bridgehead atoms. The van der Waals surface area contributed by atoms with Gasteiger partial charge in [-0.2, -0.15) is 0 Å². The third kappa shape index (κ3) is 2.74. The van der Waals surface area contributed by atoms with Crippen molar-refractivity contribution in [3.63, 3.8) is 0 Å². The first kappa shape index (κ1) is 11.9. The van der Waals surface area contributed by atoms with Crippen molar-refractivity contribution in [3.8, 4) is 0 Å². The Kier molecular flexibility index (Phi) is 3.82. The van der Waals surface area contributed by atoms with Gasteiger partial charge in [0.25, 0.3) is 0 Å². The topological polar surface area (TPSA) is 38.9 Å². The van der Waals surface area contributed by atoms with Gasteiger partial charge < -0.3 is 5.73 Å². The molecule has 88 valence electrons. The molecule has 1 atom stereocenters. The van der Waals surface area contributed by atoms with Gasteiger partial charge in [0.15, 0.2) is 0 Å². The van der Waals surface area contributed by atoms with Crippen molar-refractivity contribution in [3.05, 3.63) is 29.0 Å². The Bertz CT molecular complexity index is 328. The maximum Gasteiger partial charge on any atom is 0.0589 e. The summed E-state index contributed by atoms with van der Waals surface area (Å²) in [6, 6.07) is 3.89. The fourth-order valence-corrected chi connectivity index (χ4v) is 2.58. The predicted octanol–water partition coefficient (Wildman–Crippen LogP) is 3.56. The summed E-state index contributed by atoms with van der Waals surface area (Å²) < 4.78 is 0. The minimum absolute atomic E-state index is 0.0739. The predicted molar refractivity (Wildman–Crippen MR) is 67.3 cm³/mol. The number of hydrogen-bond acceptors (Lipinski definition) is 2. The summed E-state index contributed by atoms with van der Waals surface area (Å²) in [4.78, 5) is 4.32. The fraction of sp³-hybridized carbons (Fsp3) is 0.615. The molecule has 1 aliphatic carbocycles. The fourth-order valence-electron chi connectivity index (χ4n) is 2.47. The average molecular weight is 239 g/mol. The number of pyridine rings is 1. The third-order valence-corrected chi connectivity index (χ3v) is 3.88. The van der Waals surface area contributed by atoms with E-state index in [4.69, 9.17) is 17.3 Å². The van der Waals surface area contributed by atoms with E-state index in [0.717, 1.165) is 11.6 Å². The minimum Gasteiger partial charge on any atom is -0.322 e. The van der Waals surface area contributed by atoms with Gasteiger partial charge in [0.2, 0.25) is 0 Å². The zero-order chi connectivity index (χ0) is 11.5. The molecule has 1 unspecified atom stereocenters. The van der Waals surface area contributed by atoms with Gasteiger partial charge in [-0.1, -0.05) is 31.4 Å². The van der Waals surface area contributed by atoms with E-state index in [1.165, 1.54) is 25.7 Å². The summed E-state index contributed by atoms with van der Waals surface area (Å²) in [7, 11) is 0. The SMILES string of the molecule is CC1CCC(C(N)c2ccc(Cl)cn2)CC1. The lowest BCUT2D eigenvalue weighted by molar-refractivity contribution is 0.254. The Morgan fingerprint density at radius 2 is 2.00 bits per heavy atom. The van der Waals surface area contributed by atoms with E-state index in [2.05, 4.69) is 11.9 Å². The molecule has 2 rings (SSSR count). The Morgan fingerprint density at radius 1 is 1.31 bits per heavy atom. The number of nitrogens with two attached hydrogens (primary N) is 1. The molecule has 3 heteroatoms. The highest BCUT2D eigenvalue weighted by Crippen LogP contribution is 2.34. The van der Waals surface area contributed by atoms with Crippen LogP contribution in [0.5, 0.6) is 0 Å². The Labute approximate surface area is 102 Å². The van der Waals surface area contributed by atoms with Crippen LogP contribution < -0.4 is 5.73 Å². The molecule has 1 aromatic rings. The van der Waals surface area contributed by atoms with E-state index >= 15 is 0 Å². The molecule has 1 aromatic heterocycles. The number of hydrogen-bond donors (Lipinski definition) is 1. The smallest absolute Gasteiger partial charge is 0.0589 e. The quantitative estimate of drug-likeness (QED) is 0.856. The summed E-state index contributed by atoms with van der Waals surface area (Å²) >= 11 is 5.82. The average Bonchev–Trinajstić information content (AvgIpc) is 2.30. The molecule has 1 saturated carbocycles. The molecule has 2 N–H and O–H groups in total. The summed E-state index contributed by atoms with van der Waals surface area (Å²) in [5.41, 5.74) is 7.24. The van der Waals surface area contributed by atoms with Gasteiger partial charge in [-0.25, -0.2) is 0 Å². The van der Waals surface area contributed by atoms with E-state index in [1.54, 1.807) is 6.20 Å². The first-order valence-corrected chi connectivity index (χ1v) is 6.41. The van der Waals surface area contributed by atoms with Crippen LogP contribution in [0.4, 0.5) is 0 Å². The lowest BCUT2D eigenvalue weighted by Crippen LogP contribution is -2.26. The highest BCUT2D eigenvalue weighted by molar-refractivity contribution is 6.30. The Balaban J connectivity index is 2.01. The molecule has 0 radical (unpaired) electrons. The molecule has 1 heterocycles. The number of rotatable bonds is 2. The molecular weight excluding hydrogens is 220 g/mol. The lowest BCUT2D eigenvalue weighted by atomic mass is 9.78. The molecule has 0 aromatic carbocycles. The van der Waals surface area contributed by atoms with Crippen LogP contribution in [0.2, 0.25) is 5.02 Å². The minimum atomic E-state index is 0.0739. The van der Waals surface area contributed by atoms with E-state index in [9.17, 15) is 0 Å². The second kappa shape index (κ2) is 5.15. The molecule has 2 nitrogen and oxygen atoms in total. The summed E-state index contributed by atoms with van der Waals surface area (Å²) in [5.74, 6) is 1.45. The van der Waals surface area contributed by atoms with Crippen LogP contribution in [0.15, 0.2) is 18.3 Å². The van der Waals surface area contributed by atoms with Gasteiger partial charge >= 0.3 is 0 Å². The summed E-state index contributed by atoms with van der Waals surface area (Å²) in [6.07, 6.45) is 6.74. The van der Waals surface area contributed by atoms with Gasteiger partial charge in [0.05, 0.1) is 10.7 Å². The molecule has 1 aliphatic rings. The molecule has 0 spiro atoms. The van der Waals surface area contributed by atoms with Crippen molar-refractivity contribution in [2.24, 2.45) is 17.6 Å². The molecule has 0 amide bonds. The number of nitrogens with zero attached hydrogens (tertiary/aromatic N) is 1. The van der Waals surface area contributed by atoms with Crippen LogP contribution in [0.25, 0.3) is 0 Å². The molecular formula is C13H19ClN2. The van der Waals surface area contributed by atoms with E-state index in [-0.39, 0.29) is 6.04 Å². The zero-order valence-corrected chi connectivity index (χ0v) is 10.5. The maximum atomic E-state index is 6.26.